The lowest BCUT2D eigenvalue weighted by Gasteiger charge is -2.13. The van der Waals surface area contributed by atoms with Gasteiger partial charge in [-0.3, -0.25) is 9.00 Å². The summed E-state index contributed by atoms with van der Waals surface area (Å²) in [6.07, 6.45) is -0.614. The highest BCUT2D eigenvalue weighted by molar-refractivity contribution is 7.77. The fraction of sp³-hybridized carbons (Fsp3) is 0.231. The Morgan fingerprint density at radius 3 is 2.58 bits per heavy atom. The number of pyridine rings is 1. The zero-order valence-electron chi connectivity index (χ0n) is 20.4. The number of nitrogens with one attached hydrogen (secondary N) is 2. The second-order valence-electron chi connectivity index (χ2n) is 9.05. The first-order valence-corrected chi connectivity index (χ1v) is 12.8. The van der Waals surface area contributed by atoms with E-state index in [0.717, 1.165) is 39.7 Å². The Kier molecular flexibility index (Phi) is 6.72. The molecule has 5 rings (SSSR count). The number of benzene rings is 2. The summed E-state index contributed by atoms with van der Waals surface area (Å²) in [5.41, 5.74) is 4.06. The minimum absolute atomic E-state index is 0.159. The fourth-order valence-corrected chi connectivity index (χ4v) is 4.97. The second kappa shape index (κ2) is 9.86. The number of rotatable bonds is 7. The molecule has 0 aliphatic carbocycles. The van der Waals surface area contributed by atoms with Crippen LogP contribution < -0.4 is 10.3 Å². The molecule has 2 aromatic carbocycles. The topological polar surface area (TPSA) is 108 Å². The van der Waals surface area contributed by atoms with Crippen molar-refractivity contribution in [2.45, 2.75) is 26.1 Å². The van der Waals surface area contributed by atoms with Gasteiger partial charge in [0.2, 0.25) is 0 Å². The molecule has 5 aromatic rings. The number of alkyl halides is 3. The molecule has 0 saturated carbocycles. The molecule has 0 fully saturated rings. The number of hydrogen-bond donors (Lipinski definition) is 2. The van der Waals surface area contributed by atoms with Crippen molar-refractivity contribution < 1.29 is 21.9 Å². The van der Waals surface area contributed by atoms with Gasteiger partial charge in [-0.2, -0.15) is 13.2 Å². The van der Waals surface area contributed by atoms with Gasteiger partial charge in [-0.25, -0.2) is 9.71 Å². The van der Waals surface area contributed by atoms with Crippen LogP contribution in [-0.2, 0) is 37.5 Å². The molecule has 0 saturated heterocycles. The van der Waals surface area contributed by atoms with Crippen LogP contribution in [0.5, 0.6) is 0 Å². The summed E-state index contributed by atoms with van der Waals surface area (Å²) in [5.74, 6) is 0.658. The lowest BCUT2D eigenvalue weighted by molar-refractivity contribution is -0.137. The van der Waals surface area contributed by atoms with Gasteiger partial charge in [-0.15, -0.1) is 0 Å². The third-order valence-electron chi connectivity index (χ3n) is 6.57. The highest BCUT2D eigenvalue weighted by Crippen LogP contribution is 2.33. The van der Waals surface area contributed by atoms with Crippen LogP contribution >= 0.6 is 0 Å². The van der Waals surface area contributed by atoms with Crippen molar-refractivity contribution in [3.63, 3.8) is 0 Å². The van der Waals surface area contributed by atoms with E-state index in [1.807, 2.05) is 29.7 Å². The number of aromatic amines is 1. The van der Waals surface area contributed by atoms with Crippen molar-refractivity contribution in [1.82, 2.24) is 23.8 Å². The van der Waals surface area contributed by atoms with Crippen LogP contribution in [0.2, 0.25) is 0 Å². The number of aromatic nitrogens is 4. The molecule has 198 valence electrons. The zero-order valence-corrected chi connectivity index (χ0v) is 21.2. The van der Waals surface area contributed by atoms with Crippen LogP contribution in [0.15, 0.2) is 59.7 Å². The largest absolute Gasteiger partial charge is 0.760 e. The third kappa shape index (κ3) is 4.89. The van der Waals surface area contributed by atoms with E-state index in [1.165, 1.54) is 16.7 Å². The summed E-state index contributed by atoms with van der Waals surface area (Å²) in [7, 11) is 1.66. The third-order valence-corrected chi connectivity index (χ3v) is 7.00. The summed E-state index contributed by atoms with van der Waals surface area (Å²) < 4.78 is 67.0. The van der Waals surface area contributed by atoms with E-state index in [9.17, 15) is 26.7 Å². The molecule has 38 heavy (non-hydrogen) atoms. The first-order chi connectivity index (χ1) is 18.0. The van der Waals surface area contributed by atoms with Crippen LogP contribution in [0.4, 0.5) is 13.2 Å². The number of halogens is 3. The summed E-state index contributed by atoms with van der Waals surface area (Å²) in [5, 5.41) is 0.739. The number of fused-ring (bicyclic) bond motifs is 2. The smallest absolute Gasteiger partial charge is 0.416 e. The molecule has 8 nitrogen and oxygen atoms in total. The molecule has 0 radical (unpaired) electrons. The average molecular weight is 543 g/mol. The van der Waals surface area contributed by atoms with Crippen molar-refractivity contribution in [1.29, 1.82) is 0 Å². The van der Waals surface area contributed by atoms with Gasteiger partial charge in [-0.1, -0.05) is 12.1 Å². The van der Waals surface area contributed by atoms with Crippen LogP contribution in [-0.4, -0.2) is 34.4 Å². The highest BCUT2D eigenvalue weighted by Gasteiger charge is 2.30. The highest BCUT2D eigenvalue weighted by atomic mass is 32.2. The van der Waals surface area contributed by atoms with E-state index in [4.69, 9.17) is 4.98 Å². The number of hydrogen-bond acceptors (Lipinski definition) is 4. The fourth-order valence-electron chi connectivity index (χ4n) is 4.70. The van der Waals surface area contributed by atoms with Crippen LogP contribution in [0.25, 0.3) is 33.1 Å². The molecule has 12 heteroatoms. The van der Waals surface area contributed by atoms with Gasteiger partial charge in [0.05, 0.1) is 16.6 Å². The predicted octanol–water partition coefficient (Wildman–Crippen LogP) is 4.19. The van der Waals surface area contributed by atoms with E-state index in [2.05, 4.69) is 9.71 Å². The molecule has 3 heterocycles. The minimum atomic E-state index is -4.42. The Labute approximate surface area is 217 Å². The monoisotopic (exact) mass is 542 g/mol. The van der Waals surface area contributed by atoms with E-state index >= 15 is 0 Å². The van der Waals surface area contributed by atoms with Crippen molar-refractivity contribution in [3.05, 3.63) is 87.7 Å². The molecule has 2 N–H and O–H groups in total. The molecule has 1 atom stereocenters. The Balaban J connectivity index is 1.66. The summed E-state index contributed by atoms with van der Waals surface area (Å²) in [4.78, 5) is 20.3. The number of imidazole rings is 1. The number of nitrogens with zero attached hydrogens (tertiary/aromatic N) is 3. The van der Waals surface area contributed by atoms with Gasteiger partial charge < -0.3 is 18.7 Å². The maximum absolute atomic E-state index is 13.0. The quantitative estimate of drug-likeness (QED) is 0.301. The molecule has 0 aliphatic rings. The summed E-state index contributed by atoms with van der Waals surface area (Å²) >= 11 is -2.42. The van der Waals surface area contributed by atoms with Crippen molar-refractivity contribution in [3.8, 4) is 11.1 Å². The zero-order chi connectivity index (χ0) is 27.2. The number of H-pyrrole nitrogens is 1. The van der Waals surface area contributed by atoms with Gasteiger partial charge >= 0.3 is 6.18 Å². The van der Waals surface area contributed by atoms with Gasteiger partial charge in [0.15, 0.2) is 0 Å². The van der Waals surface area contributed by atoms with Crippen molar-refractivity contribution in [2.24, 2.45) is 7.05 Å². The summed E-state index contributed by atoms with van der Waals surface area (Å²) in [6.45, 7) is 2.26. The van der Waals surface area contributed by atoms with Crippen LogP contribution in [0.1, 0.15) is 22.5 Å². The first-order valence-electron chi connectivity index (χ1n) is 11.7. The van der Waals surface area contributed by atoms with Gasteiger partial charge in [-0.05, 0) is 60.4 Å². The summed E-state index contributed by atoms with van der Waals surface area (Å²) in [6, 6.07) is 10.7. The van der Waals surface area contributed by atoms with E-state index < -0.39 is 23.0 Å². The molecule has 1 unspecified atom stereocenters. The Bertz CT molecular complexity index is 1740. The normalized spacial score (nSPS) is 13.0. The molecule has 0 aliphatic heterocycles. The maximum Gasteiger partial charge on any atom is 0.416 e. The first kappa shape index (κ1) is 25.9. The lowest BCUT2D eigenvalue weighted by atomic mass is 9.99. The van der Waals surface area contributed by atoms with Crippen molar-refractivity contribution in [2.75, 3.05) is 6.54 Å². The van der Waals surface area contributed by atoms with Gasteiger partial charge in [0, 0.05) is 54.7 Å². The molecule has 0 amide bonds. The average Bonchev–Trinajstić information content (AvgIpc) is 3.46. The van der Waals surface area contributed by atoms with Crippen LogP contribution in [0, 0.1) is 6.92 Å². The number of aryl methyl sites for hydroxylation is 2. The molecule has 3 aromatic heterocycles. The van der Waals surface area contributed by atoms with Gasteiger partial charge in [0.1, 0.15) is 11.3 Å². The minimum Gasteiger partial charge on any atom is -0.760 e. The Morgan fingerprint density at radius 2 is 1.89 bits per heavy atom. The Hall–Kier alpha value is -3.74. The second-order valence-corrected chi connectivity index (χ2v) is 9.81. The van der Waals surface area contributed by atoms with Crippen LogP contribution in [0.3, 0.4) is 0 Å². The van der Waals surface area contributed by atoms with Crippen molar-refractivity contribution >= 4 is 33.2 Å². The molecular weight excluding hydrogens is 519 g/mol. The molecule has 0 bridgehead atoms. The van der Waals surface area contributed by atoms with E-state index in [-0.39, 0.29) is 12.1 Å². The predicted molar refractivity (Wildman–Crippen MR) is 138 cm³/mol. The van der Waals surface area contributed by atoms with E-state index in [1.54, 1.807) is 19.4 Å². The standard InChI is InChI=1S/C26H24F3N5O3S/c1-15-32-23-17(7-10-31-38(36)37)11-18(21-14-33(2)25(35)24-20(21)8-9-30-24)12-22(23)34(15)13-16-3-5-19(6-4-16)26(27,28)29/h3-6,8-9,11-12,14,30-31H,7,10,13H2,1-2H3,(H,36,37)/p-1. The SMILES string of the molecule is Cc1nc2c(CCNS(=O)[O-])cc(-c3cn(C)c(=O)c4[nH]ccc34)cc2n1Cc1ccc(C(F)(F)F)cc1. The molecule has 0 spiro atoms. The molecular formula is C26H23F3N5O3S-. The Morgan fingerprint density at radius 1 is 1.16 bits per heavy atom. The maximum atomic E-state index is 13.0. The lowest BCUT2D eigenvalue weighted by Crippen LogP contribution is -2.19. The van der Waals surface area contributed by atoms with Gasteiger partial charge in [0.25, 0.3) is 5.56 Å². The van der Waals surface area contributed by atoms with E-state index in [0.29, 0.717) is 35.4 Å².